The maximum Gasteiger partial charge on any atom is 0.319 e. The van der Waals surface area contributed by atoms with Gasteiger partial charge in [-0.2, -0.15) is 0 Å². The summed E-state index contributed by atoms with van der Waals surface area (Å²) in [5.41, 5.74) is 2.38. The van der Waals surface area contributed by atoms with Gasteiger partial charge >= 0.3 is 6.03 Å². The van der Waals surface area contributed by atoms with Gasteiger partial charge in [0.1, 0.15) is 0 Å². The second kappa shape index (κ2) is 8.32. The second-order valence-electron chi connectivity index (χ2n) is 9.19. The molecule has 1 atom stereocenters. The van der Waals surface area contributed by atoms with Crippen LogP contribution in [0, 0.1) is 24.2 Å². The second-order valence-corrected chi connectivity index (χ2v) is 9.19. The zero-order valence-corrected chi connectivity index (χ0v) is 16.9. The number of carbonyl (C=O) groups excluding carboxylic acids is 2. The van der Waals surface area contributed by atoms with Crippen LogP contribution in [0.1, 0.15) is 51.5 Å². The van der Waals surface area contributed by atoms with E-state index in [-0.39, 0.29) is 6.03 Å². The topological polar surface area (TPSA) is 61.4 Å². The largest absolute Gasteiger partial charge is 0.342 e. The highest BCUT2D eigenvalue weighted by Gasteiger charge is 2.38. The van der Waals surface area contributed by atoms with Gasteiger partial charge in [-0.05, 0) is 62.0 Å². The summed E-state index contributed by atoms with van der Waals surface area (Å²) in [6, 6.07) is 7.57. The minimum atomic E-state index is -0.181. The molecule has 27 heavy (non-hydrogen) atoms. The third-order valence-corrected chi connectivity index (χ3v) is 5.88. The molecule has 1 unspecified atom stereocenters. The lowest BCUT2D eigenvalue weighted by molar-refractivity contribution is -0.135. The average Bonchev–Trinajstić information content (AvgIpc) is 2.60. The van der Waals surface area contributed by atoms with E-state index in [4.69, 9.17) is 0 Å². The molecule has 0 bridgehead atoms. The Bertz CT molecular complexity index is 661. The van der Waals surface area contributed by atoms with Crippen LogP contribution in [0.4, 0.5) is 10.5 Å². The van der Waals surface area contributed by atoms with Gasteiger partial charge in [0.2, 0.25) is 5.91 Å². The van der Waals surface area contributed by atoms with Gasteiger partial charge in [-0.3, -0.25) is 4.79 Å². The Morgan fingerprint density at radius 1 is 1.15 bits per heavy atom. The van der Waals surface area contributed by atoms with Gasteiger partial charge in [-0.1, -0.05) is 31.5 Å². The van der Waals surface area contributed by atoms with E-state index in [1.807, 2.05) is 36.1 Å². The van der Waals surface area contributed by atoms with Crippen LogP contribution < -0.4 is 10.6 Å². The number of aryl methyl sites for hydroxylation is 1. The summed E-state index contributed by atoms with van der Waals surface area (Å²) in [5, 5.41) is 5.82. The average molecular weight is 372 g/mol. The summed E-state index contributed by atoms with van der Waals surface area (Å²) in [5.74, 6) is 1.19. The Hall–Kier alpha value is -2.04. The van der Waals surface area contributed by atoms with Crippen LogP contribution in [0.5, 0.6) is 0 Å². The number of hydrogen-bond donors (Lipinski definition) is 2. The first-order valence-electron chi connectivity index (χ1n) is 10.2. The van der Waals surface area contributed by atoms with Crippen molar-refractivity contribution >= 4 is 17.6 Å². The highest BCUT2D eigenvalue weighted by atomic mass is 16.2. The Morgan fingerprint density at radius 3 is 2.52 bits per heavy atom. The Balaban J connectivity index is 1.39. The maximum atomic E-state index is 12.6. The molecule has 5 heteroatoms. The van der Waals surface area contributed by atoms with Crippen LogP contribution in [-0.4, -0.2) is 36.5 Å². The van der Waals surface area contributed by atoms with Crippen LogP contribution in [-0.2, 0) is 4.79 Å². The first kappa shape index (κ1) is 19.7. The molecule has 148 valence electrons. The van der Waals surface area contributed by atoms with E-state index in [0.29, 0.717) is 36.1 Å². The van der Waals surface area contributed by atoms with Crippen molar-refractivity contribution in [3.05, 3.63) is 29.8 Å². The van der Waals surface area contributed by atoms with Crippen molar-refractivity contribution in [3.63, 3.8) is 0 Å². The predicted molar refractivity (Wildman–Crippen MR) is 109 cm³/mol. The van der Waals surface area contributed by atoms with Gasteiger partial charge in [0, 0.05) is 31.7 Å². The van der Waals surface area contributed by atoms with Crippen LogP contribution >= 0.6 is 0 Å². The van der Waals surface area contributed by atoms with Crippen LogP contribution in [0.3, 0.4) is 0 Å². The molecular weight excluding hydrogens is 338 g/mol. The van der Waals surface area contributed by atoms with Crippen molar-refractivity contribution in [2.75, 3.05) is 25.0 Å². The smallest absolute Gasteiger partial charge is 0.319 e. The lowest BCUT2D eigenvalue weighted by atomic mass is 9.63. The number of anilines is 1. The molecule has 2 aliphatic rings. The molecule has 1 heterocycles. The highest BCUT2D eigenvalue weighted by molar-refractivity contribution is 5.89. The number of nitrogens with zero attached hydrogens (tertiary/aromatic N) is 1. The van der Waals surface area contributed by atoms with Crippen LogP contribution in [0.2, 0.25) is 0 Å². The third kappa shape index (κ3) is 5.72. The summed E-state index contributed by atoms with van der Waals surface area (Å²) in [7, 11) is 0. The number of likely N-dealkylation sites (tertiary alicyclic amines) is 1. The molecule has 3 rings (SSSR count). The molecule has 1 saturated carbocycles. The lowest BCUT2D eigenvalue weighted by Crippen LogP contribution is -2.45. The predicted octanol–water partition coefficient (Wildman–Crippen LogP) is 4.18. The highest BCUT2D eigenvalue weighted by Crippen LogP contribution is 2.46. The lowest BCUT2D eigenvalue weighted by Gasteiger charge is -2.43. The van der Waals surface area contributed by atoms with Gasteiger partial charge in [-0.15, -0.1) is 0 Å². The molecule has 1 aliphatic carbocycles. The molecular formula is C22H33N3O2. The molecule has 1 aromatic rings. The van der Waals surface area contributed by atoms with Crippen molar-refractivity contribution in [2.45, 2.75) is 52.9 Å². The summed E-state index contributed by atoms with van der Waals surface area (Å²) >= 11 is 0. The molecule has 3 amide bonds. The fourth-order valence-corrected chi connectivity index (χ4v) is 4.53. The quantitative estimate of drug-likeness (QED) is 0.815. The SMILES string of the molecule is Cc1ccc(NC(=O)NCC2CCCN(C(=O)CC3CC(C)(C)C3)C2)cc1. The van der Waals surface area contributed by atoms with E-state index < -0.39 is 0 Å². The van der Waals surface area contributed by atoms with E-state index in [2.05, 4.69) is 24.5 Å². The third-order valence-electron chi connectivity index (χ3n) is 5.88. The van der Waals surface area contributed by atoms with Gasteiger partial charge in [0.15, 0.2) is 0 Å². The van der Waals surface area contributed by atoms with Crippen molar-refractivity contribution < 1.29 is 9.59 Å². The van der Waals surface area contributed by atoms with Crippen molar-refractivity contribution in [1.82, 2.24) is 10.2 Å². The summed E-state index contributed by atoms with van der Waals surface area (Å²) in [6.07, 6.45) is 5.10. The molecule has 2 N–H and O–H groups in total. The Morgan fingerprint density at radius 2 is 1.85 bits per heavy atom. The number of hydrogen-bond acceptors (Lipinski definition) is 2. The minimum Gasteiger partial charge on any atom is -0.342 e. The number of carbonyl (C=O) groups is 2. The monoisotopic (exact) mass is 371 g/mol. The summed E-state index contributed by atoms with van der Waals surface area (Å²) < 4.78 is 0. The van der Waals surface area contributed by atoms with Crippen molar-refractivity contribution in [3.8, 4) is 0 Å². The molecule has 1 aromatic carbocycles. The fourth-order valence-electron chi connectivity index (χ4n) is 4.53. The number of piperidine rings is 1. The van der Waals surface area contributed by atoms with E-state index in [1.54, 1.807) is 0 Å². The van der Waals surface area contributed by atoms with E-state index in [9.17, 15) is 9.59 Å². The molecule has 0 spiro atoms. The molecule has 1 aliphatic heterocycles. The molecule has 0 radical (unpaired) electrons. The van der Waals surface area contributed by atoms with Crippen LogP contribution in [0.25, 0.3) is 0 Å². The normalized spacial score (nSPS) is 22.0. The number of benzene rings is 1. The zero-order chi connectivity index (χ0) is 19.4. The number of urea groups is 1. The van der Waals surface area contributed by atoms with Gasteiger partial charge in [0.05, 0.1) is 0 Å². The minimum absolute atomic E-state index is 0.181. The number of nitrogens with one attached hydrogen (secondary N) is 2. The maximum absolute atomic E-state index is 12.6. The molecule has 5 nitrogen and oxygen atoms in total. The van der Waals surface area contributed by atoms with Crippen molar-refractivity contribution in [2.24, 2.45) is 17.3 Å². The molecule has 2 fully saturated rings. The molecule has 1 saturated heterocycles. The Kier molecular flexibility index (Phi) is 6.08. The number of rotatable bonds is 5. The van der Waals surface area contributed by atoms with Gasteiger partial charge in [-0.25, -0.2) is 4.79 Å². The summed E-state index contributed by atoms with van der Waals surface area (Å²) in [6.45, 7) is 8.81. The zero-order valence-electron chi connectivity index (χ0n) is 16.9. The first-order chi connectivity index (χ1) is 12.8. The Labute approximate surface area is 162 Å². The van der Waals surface area contributed by atoms with Gasteiger partial charge < -0.3 is 15.5 Å². The standard InChI is InChI=1S/C22H33N3O2/c1-16-6-8-19(9-7-16)24-21(27)23-14-17-5-4-10-25(15-17)20(26)11-18-12-22(2,3)13-18/h6-9,17-18H,4-5,10-15H2,1-3H3,(H2,23,24,27). The number of amides is 3. The van der Waals surface area contributed by atoms with E-state index >= 15 is 0 Å². The van der Waals surface area contributed by atoms with Gasteiger partial charge in [0.25, 0.3) is 0 Å². The van der Waals surface area contributed by atoms with E-state index in [1.165, 1.54) is 5.56 Å². The van der Waals surface area contributed by atoms with E-state index in [0.717, 1.165) is 44.5 Å². The molecule has 0 aromatic heterocycles. The fraction of sp³-hybridized carbons (Fsp3) is 0.636. The summed E-state index contributed by atoms with van der Waals surface area (Å²) in [4.78, 5) is 26.7. The van der Waals surface area contributed by atoms with Crippen molar-refractivity contribution in [1.29, 1.82) is 0 Å². The first-order valence-corrected chi connectivity index (χ1v) is 10.2. The van der Waals surface area contributed by atoms with Crippen LogP contribution in [0.15, 0.2) is 24.3 Å².